The number of carboxylic acids is 1. The van der Waals surface area contributed by atoms with Gasteiger partial charge in [0.05, 0.1) is 16.1 Å². The zero-order chi connectivity index (χ0) is 11.6. The van der Waals surface area contributed by atoms with E-state index in [-0.39, 0.29) is 33.8 Å². The topological polar surface area (TPSA) is 83.6 Å². The molecule has 0 spiro atoms. The maximum Gasteiger partial charge on any atom is 0.336 e. The summed E-state index contributed by atoms with van der Waals surface area (Å²) >= 11 is 3.01. The van der Waals surface area contributed by atoms with Gasteiger partial charge in [0.2, 0.25) is 0 Å². The van der Waals surface area contributed by atoms with E-state index >= 15 is 0 Å². The van der Waals surface area contributed by atoms with Crippen molar-refractivity contribution in [2.75, 3.05) is 6.67 Å². The van der Waals surface area contributed by atoms with Crippen molar-refractivity contribution in [2.24, 2.45) is 5.73 Å². The van der Waals surface area contributed by atoms with Crippen LogP contribution in [-0.4, -0.2) is 22.9 Å². The fourth-order valence-corrected chi connectivity index (χ4v) is 1.57. The van der Waals surface area contributed by atoms with Crippen LogP contribution in [0.25, 0.3) is 0 Å². The largest absolute Gasteiger partial charge is 0.506 e. The number of phenols is 1. The Morgan fingerprint density at radius 3 is 2.56 bits per heavy atom. The Hall–Kier alpha value is -0.850. The molecule has 1 atom stereocenters. The zero-order valence-corrected chi connectivity index (χ0v) is 10.4. The summed E-state index contributed by atoms with van der Waals surface area (Å²) < 4.78 is 12.7. The molecule has 1 rings (SSSR count). The van der Waals surface area contributed by atoms with Crippen LogP contribution in [0.1, 0.15) is 22.0 Å². The quantitative estimate of drug-likeness (QED) is 0.799. The molecule has 90 valence electrons. The van der Waals surface area contributed by atoms with Crippen molar-refractivity contribution in [3.8, 4) is 5.75 Å². The predicted octanol–water partition coefficient (Wildman–Crippen LogP) is 2.24. The van der Waals surface area contributed by atoms with Gasteiger partial charge in [-0.2, -0.15) is 0 Å². The molecule has 0 radical (unpaired) electrons. The highest BCUT2D eigenvalue weighted by molar-refractivity contribution is 9.10. The summed E-state index contributed by atoms with van der Waals surface area (Å²) in [5, 5.41) is 18.4. The smallest absolute Gasteiger partial charge is 0.336 e. The van der Waals surface area contributed by atoms with E-state index in [1.165, 1.54) is 12.1 Å². The van der Waals surface area contributed by atoms with Crippen LogP contribution in [0.15, 0.2) is 16.6 Å². The number of halogens is 3. The number of carboxylic acid groups (broad SMARTS) is 1. The monoisotopic (exact) mass is 313 g/mol. The van der Waals surface area contributed by atoms with Crippen LogP contribution in [0.3, 0.4) is 0 Å². The average Bonchev–Trinajstić information content (AvgIpc) is 2.20. The summed E-state index contributed by atoms with van der Waals surface area (Å²) in [6.07, 6.45) is 0. The zero-order valence-electron chi connectivity index (χ0n) is 7.98. The summed E-state index contributed by atoms with van der Waals surface area (Å²) in [5.74, 6) is -1.59. The van der Waals surface area contributed by atoms with E-state index in [1.807, 2.05) is 0 Å². The molecule has 0 aromatic heterocycles. The Kier molecular flexibility index (Phi) is 5.71. The van der Waals surface area contributed by atoms with E-state index in [0.717, 1.165) is 0 Å². The van der Waals surface area contributed by atoms with Crippen LogP contribution >= 0.6 is 28.3 Å². The first-order chi connectivity index (χ1) is 6.99. The van der Waals surface area contributed by atoms with Crippen LogP contribution in [0.2, 0.25) is 0 Å². The third-order valence-corrected chi connectivity index (χ3v) is 2.58. The SMILES string of the molecule is Cl.N[C@@H](CF)c1c(C(=O)O)ccc(Br)c1O. The van der Waals surface area contributed by atoms with Crippen LogP contribution in [0, 0.1) is 0 Å². The van der Waals surface area contributed by atoms with Gasteiger partial charge in [-0.1, -0.05) is 0 Å². The highest BCUT2D eigenvalue weighted by Crippen LogP contribution is 2.34. The molecule has 0 aliphatic rings. The summed E-state index contributed by atoms with van der Waals surface area (Å²) in [7, 11) is 0. The molecule has 0 unspecified atom stereocenters. The lowest BCUT2D eigenvalue weighted by Crippen LogP contribution is -2.17. The molecule has 4 nitrogen and oxygen atoms in total. The van der Waals surface area contributed by atoms with Gasteiger partial charge < -0.3 is 15.9 Å². The first kappa shape index (κ1) is 15.2. The number of alkyl halides is 1. The number of rotatable bonds is 3. The number of aromatic carboxylic acids is 1. The molecule has 0 amide bonds. The maximum absolute atomic E-state index is 12.4. The second-order valence-corrected chi connectivity index (χ2v) is 3.78. The Morgan fingerprint density at radius 1 is 1.56 bits per heavy atom. The normalized spacial score (nSPS) is 11.7. The molecule has 7 heteroatoms. The van der Waals surface area contributed by atoms with Gasteiger partial charge in [0.25, 0.3) is 0 Å². The van der Waals surface area contributed by atoms with Crippen molar-refractivity contribution in [1.29, 1.82) is 0 Å². The van der Waals surface area contributed by atoms with Crippen LogP contribution < -0.4 is 5.73 Å². The number of phenolic OH excluding ortho intramolecular Hbond substituents is 1. The minimum absolute atomic E-state index is 0. The fourth-order valence-electron chi connectivity index (χ4n) is 1.22. The van der Waals surface area contributed by atoms with Gasteiger partial charge in [-0.05, 0) is 28.1 Å². The molecule has 0 aliphatic heterocycles. The number of carbonyl (C=O) groups is 1. The van der Waals surface area contributed by atoms with Crippen molar-refractivity contribution in [2.45, 2.75) is 6.04 Å². The van der Waals surface area contributed by atoms with Crippen molar-refractivity contribution < 1.29 is 19.4 Å². The molecule has 0 saturated carbocycles. The van der Waals surface area contributed by atoms with Crippen molar-refractivity contribution in [1.82, 2.24) is 0 Å². The average molecular weight is 315 g/mol. The number of hydrogen-bond donors (Lipinski definition) is 3. The molecule has 0 saturated heterocycles. The Bertz CT molecular complexity index is 403. The van der Waals surface area contributed by atoms with E-state index in [9.17, 15) is 14.3 Å². The number of nitrogens with two attached hydrogens (primary N) is 1. The molecular formula is C9H10BrClFNO3. The van der Waals surface area contributed by atoms with Crippen LogP contribution in [0.4, 0.5) is 4.39 Å². The minimum atomic E-state index is -1.25. The molecule has 0 aliphatic carbocycles. The van der Waals surface area contributed by atoms with Gasteiger partial charge in [-0.3, -0.25) is 0 Å². The molecular weight excluding hydrogens is 304 g/mol. The highest BCUT2D eigenvalue weighted by atomic mass is 79.9. The Balaban J connectivity index is 0.00000225. The van der Waals surface area contributed by atoms with Gasteiger partial charge in [0.15, 0.2) is 0 Å². The number of benzene rings is 1. The van der Waals surface area contributed by atoms with Crippen LogP contribution in [-0.2, 0) is 0 Å². The maximum atomic E-state index is 12.4. The minimum Gasteiger partial charge on any atom is -0.506 e. The molecule has 0 heterocycles. The Morgan fingerprint density at radius 2 is 2.12 bits per heavy atom. The molecule has 1 aromatic carbocycles. The lowest BCUT2D eigenvalue weighted by Gasteiger charge is -2.14. The van der Waals surface area contributed by atoms with Gasteiger partial charge in [-0.15, -0.1) is 12.4 Å². The third kappa shape index (κ3) is 2.84. The van der Waals surface area contributed by atoms with Gasteiger partial charge in [0, 0.05) is 5.56 Å². The summed E-state index contributed by atoms with van der Waals surface area (Å²) in [6.45, 7) is -0.940. The molecule has 16 heavy (non-hydrogen) atoms. The molecule has 4 N–H and O–H groups in total. The van der Waals surface area contributed by atoms with E-state index in [2.05, 4.69) is 15.9 Å². The van der Waals surface area contributed by atoms with E-state index < -0.39 is 18.7 Å². The van der Waals surface area contributed by atoms with Crippen molar-refractivity contribution in [3.63, 3.8) is 0 Å². The fraction of sp³-hybridized carbons (Fsp3) is 0.222. The molecule has 0 bridgehead atoms. The van der Waals surface area contributed by atoms with Crippen LogP contribution in [0.5, 0.6) is 5.75 Å². The second-order valence-electron chi connectivity index (χ2n) is 2.92. The third-order valence-electron chi connectivity index (χ3n) is 1.94. The summed E-state index contributed by atoms with van der Waals surface area (Å²) in [4.78, 5) is 10.8. The Labute approximate surface area is 106 Å². The lowest BCUT2D eigenvalue weighted by molar-refractivity contribution is 0.0694. The van der Waals surface area contributed by atoms with Crippen molar-refractivity contribution >= 4 is 34.3 Å². The summed E-state index contributed by atoms with van der Waals surface area (Å²) in [6, 6.07) is 1.48. The first-order valence-corrected chi connectivity index (χ1v) is 4.84. The molecule has 0 fully saturated rings. The van der Waals surface area contributed by atoms with E-state index in [0.29, 0.717) is 0 Å². The second kappa shape index (κ2) is 6.03. The van der Waals surface area contributed by atoms with Gasteiger partial charge in [0.1, 0.15) is 12.4 Å². The van der Waals surface area contributed by atoms with Gasteiger partial charge in [-0.25, -0.2) is 9.18 Å². The highest BCUT2D eigenvalue weighted by Gasteiger charge is 2.21. The van der Waals surface area contributed by atoms with Gasteiger partial charge >= 0.3 is 5.97 Å². The first-order valence-electron chi connectivity index (χ1n) is 4.05. The standard InChI is InChI=1S/C9H9BrFNO3.ClH/c10-5-2-1-4(9(14)15)7(8(5)13)6(12)3-11;/h1-2,6,13H,3,12H2,(H,14,15);1H/t6-;/m0./s1. The van der Waals surface area contributed by atoms with Crippen molar-refractivity contribution in [3.05, 3.63) is 27.7 Å². The predicted molar refractivity (Wildman–Crippen MR) is 62.9 cm³/mol. The van der Waals surface area contributed by atoms with E-state index in [1.54, 1.807) is 0 Å². The number of aromatic hydroxyl groups is 1. The van der Waals surface area contributed by atoms with E-state index in [4.69, 9.17) is 10.8 Å². The number of hydrogen-bond acceptors (Lipinski definition) is 3. The summed E-state index contributed by atoms with van der Waals surface area (Å²) in [5.41, 5.74) is 5.09. The lowest BCUT2D eigenvalue weighted by atomic mass is 10.0. The molecule has 1 aromatic rings.